The Labute approximate surface area is 83.3 Å². The Kier molecular flexibility index (Phi) is 2.39. The number of nitrogens with one attached hydrogen (secondary N) is 1. The summed E-state index contributed by atoms with van der Waals surface area (Å²) in [7, 11) is 0. The van der Waals surface area contributed by atoms with Gasteiger partial charge in [0.1, 0.15) is 0 Å². The molecule has 1 fully saturated rings. The van der Waals surface area contributed by atoms with Gasteiger partial charge >= 0.3 is 0 Å². The second kappa shape index (κ2) is 3.70. The molecule has 1 heterocycles. The van der Waals surface area contributed by atoms with E-state index in [9.17, 15) is 4.79 Å². The molecule has 0 bridgehead atoms. The monoisotopic (exact) mass is 190 g/mol. The van der Waals surface area contributed by atoms with Gasteiger partial charge < -0.3 is 11.1 Å². The fourth-order valence-electron chi connectivity index (χ4n) is 1.79. The van der Waals surface area contributed by atoms with E-state index < -0.39 is 0 Å². The Hall–Kier alpha value is -1.51. The molecule has 1 aromatic rings. The van der Waals surface area contributed by atoms with E-state index in [0.29, 0.717) is 12.3 Å². The normalized spacial score (nSPS) is 21.7. The lowest BCUT2D eigenvalue weighted by Crippen LogP contribution is -2.33. The molecule has 1 atom stereocenters. The molecule has 1 saturated heterocycles. The van der Waals surface area contributed by atoms with Gasteiger partial charge in [0, 0.05) is 24.6 Å². The van der Waals surface area contributed by atoms with Crippen LogP contribution in [0.4, 0.5) is 5.69 Å². The van der Waals surface area contributed by atoms with Crippen molar-refractivity contribution < 1.29 is 4.79 Å². The summed E-state index contributed by atoms with van der Waals surface area (Å²) in [6.07, 6.45) is 1.57. The number of amides is 1. The number of hydrogen-bond donors (Lipinski definition) is 2. The van der Waals surface area contributed by atoms with Crippen molar-refractivity contribution in [2.24, 2.45) is 0 Å². The summed E-state index contributed by atoms with van der Waals surface area (Å²) in [6, 6.07) is 7.90. The molecule has 3 heteroatoms. The molecule has 1 aliphatic rings. The van der Waals surface area contributed by atoms with Gasteiger partial charge in [0.25, 0.3) is 0 Å². The molecule has 0 unspecified atom stereocenters. The zero-order valence-corrected chi connectivity index (χ0v) is 7.99. The van der Waals surface area contributed by atoms with Crippen molar-refractivity contribution >= 4 is 11.6 Å². The molecule has 0 aromatic heterocycles. The average Bonchev–Trinajstić information content (AvgIpc) is 2.21. The van der Waals surface area contributed by atoms with Crippen LogP contribution in [0.5, 0.6) is 0 Å². The van der Waals surface area contributed by atoms with Gasteiger partial charge in [-0.15, -0.1) is 0 Å². The second-order valence-electron chi connectivity index (χ2n) is 3.71. The summed E-state index contributed by atoms with van der Waals surface area (Å²) in [5.74, 6) is 0.616. The molecule has 74 valence electrons. The Bertz CT molecular complexity index is 322. The average molecular weight is 190 g/mol. The highest BCUT2D eigenvalue weighted by atomic mass is 16.1. The fraction of sp³-hybridized carbons (Fsp3) is 0.364. The lowest BCUT2D eigenvalue weighted by Gasteiger charge is -2.22. The maximum atomic E-state index is 11.0. The van der Waals surface area contributed by atoms with Gasteiger partial charge in [-0.25, -0.2) is 0 Å². The summed E-state index contributed by atoms with van der Waals surface area (Å²) in [5, 5.41) is 2.88. The van der Waals surface area contributed by atoms with Crippen LogP contribution in [0.15, 0.2) is 24.3 Å². The minimum atomic E-state index is 0.164. The van der Waals surface area contributed by atoms with E-state index in [1.807, 2.05) is 24.3 Å². The van der Waals surface area contributed by atoms with Gasteiger partial charge in [-0.05, 0) is 24.1 Å². The van der Waals surface area contributed by atoms with Crippen molar-refractivity contribution in [3.8, 4) is 0 Å². The molecular formula is C11H14N2O. The van der Waals surface area contributed by atoms with Gasteiger partial charge in [0.05, 0.1) is 0 Å². The van der Waals surface area contributed by atoms with Gasteiger partial charge in [-0.3, -0.25) is 4.79 Å². The van der Waals surface area contributed by atoms with Crippen molar-refractivity contribution in [3.63, 3.8) is 0 Å². The van der Waals surface area contributed by atoms with E-state index in [1.54, 1.807) is 0 Å². The summed E-state index contributed by atoms with van der Waals surface area (Å²) < 4.78 is 0. The first-order valence-electron chi connectivity index (χ1n) is 4.88. The summed E-state index contributed by atoms with van der Waals surface area (Å²) in [6.45, 7) is 0.753. The van der Waals surface area contributed by atoms with Crippen molar-refractivity contribution in [1.29, 1.82) is 0 Å². The van der Waals surface area contributed by atoms with Crippen molar-refractivity contribution in [2.75, 3.05) is 12.3 Å². The molecule has 0 spiro atoms. The highest BCUT2D eigenvalue weighted by Gasteiger charge is 2.18. The first-order valence-corrected chi connectivity index (χ1v) is 4.88. The van der Waals surface area contributed by atoms with Crippen molar-refractivity contribution in [2.45, 2.75) is 18.8 Å². The minimum absolute atomic E-state index is 0.164. The van der Waals surface area contributed by atoms with Crippen molar-refractivity contribution in [1.82, 2.24) is 5.32 Å². The predicted octanol–water partition coefficient (Wildman–Crippen LogP) is 1.26. The zero-order valence-electron chi connectivity index (χ0n) is 7.99. The van der Waals surface area contributed by atoms with Crippen LogP contribution in [0, 0.1) is 0 Å². The third-order valence-electron chi connectivity index (χ3n) is 2.67. The topological polar surface area (TPSA) is 55.1 Å². The molecule has 1 amide bonds. The van der Waals surface area contributed by atoms with Crippen LogP contribution < -0.4 is 11.1 Å². The van der Waals surface area contributed by atoms with Crippen LogP contribution in [-0.2, 0) is 4.79 Å². The number of hydrogen-bond acceptors (Lipinski definition) is 2. The van der Waals surface area contributed by atoms with Gasteiger partial charge in [0.2, 0.25) is 5.91 Å². The smallest absolute Gasteiger partial charge is 0.220 e. The maximum absolute atomic E-state index is 11.0. The third kappa shape index (κ3) is 1.87. The van der Waals surface area contributed by atoms with Crippen LogP contribution in [0.2, 0.25) is 0 Å². The van der Waals surface area contributed by atoms with E-state index in [1.165, 1.54) is 5.56 Å². The SMILES string of the molecule is Nc1ccc([C@@H]2CCC(=O)NC2)cc1. The van der Waals surface area contributed by atoms with Crippen LogP contribution in [-0.4, -0.2) is 12.5 Å². The van der Waals surface area contributed by atoms with Crippen molar-refractivity contribution in [3.05, 3.63) is 29.8 Å². The Morgan fingerprint density at radius 2 is 2.00 bits per heavy atom. The number of piperidine rings is 1. The highest BCUT2D eigenvalue weighted by molar-refractivity contribution is 5.76. The molecule has 2 rings (SSSR count). The first-order chi connectivity index (χ1) is 6.75. The lowest BCUT2D eigenvalue weighted by molar-refractivity contribution is -0.122. The summed E-state index contributed by atoms with van der Waals surface area (Å²) in [5.41, 5.74) is 7.66. The molecule has 3 N–H and O–H groups in total. The number of carbonyl (C=O) groups is 1. The van der Waals surface area contributed by atoms with Gasteiger partial charge in [-0.2, -0.15) is 0 Å². The van der Waals surface area contributed by atoms with Crippen LogP contribution in [0.3, 0.4) is 0 Å². The third-order valence-corrected chi connectivity index (χ3v) is 2.67. The minimum Gasteiger partial charge on any atom is -0.399 e. The number of benzene rings is 1. The Balaban J connectivity index is 2.08. The number of rotatable bonds is 1. The molecular weight excluding hydrogens is 176 g/mol. The number of nitrogens with two attached hydrogens (primary N) is 1. The first kappa shape index (κ1) is 9.06. The molecule has 0 radical (unpaired) electrons. The summed E-state index contributed by atoms with van der Waals surface area (Å²) >= 11 is 0. The van der Waals surface area contributed by atoms with Crippen LogP contribution in [0.1, 0.15) is 24.3 Å². The quantitative estimate of drug-likeness (QED) is 0.655. The predicted molar refractivity (Wildman–Crippen MR) is 55.8 cm³/mol. The standard InChI is InChI=1S/C11H14N2O/c12-10-4-1-8(2-5-10)9-3-6-11(14)13-7-9/h1-2,4-5,9H,3,6-7,12H2,(H,13,14)/t9-/m1/s1. The van der Waals surface area contributed by atoms with Crippen LogP contribution in [0.25, 0.3) is 0 Å². The fourth-order valence-corrected chi connectivity index (χ4v) is 1.79. The Morgan fingerprint density at radius 1 is 1.29 bits per heavy atom. The molecule has 3 nitrogen and oxygen atoms in total. The molecule has 14 heavy (non-hydrogen) atoms. The van der Waals surface area contributed by atoms with E-state index in [0.717, 1.165) is 18.7 Å². The molecule has 1 aromatic carbocycles. The number of anilines is 1. The molecule has 0 aliphatic carbocycles. The molecule has 0 saturated carbocycles. The van der Waals surface area contributed by atoms with E-state index in [4.69, 9.17) is 5.73 Å². The van der Waals surface area contributed by atoms with Gasteiger partial charge in [0.15, 0.2) is 0 Å². The van der Waals surface area contributed by atoms with E-state index in [-0.39, 0.29) is 5.91 Å². The largest absolute Gasteiger partial charge is 0.399 e. The second-order valence-corrected chi connectivity index (χ2v) is 3.71. The highest BCUT2D eigenvalue weighted by Crippen LogP contribution is 2.23. The maximum Gasteiger partial charge on any atom is 0.220 e. The van der Waals surface area contributed by atoms with Gasteiger partial charge in [-0.1, -0.05) is 12.1 Å². The Morgan fingerprint density at radius 3 is 2.57 bits per heavy atom. The van der Waals surface area contributed by atoms with E-state index >= 15 is 0 Å². The van der Waals surface area contributed by atoms with E-state index in [2.05, 4.69) is 5.32 Å². The van der Waals surface area contributed by atoms with Crippen LogP contribution >= 0.6 is 0 Å². The number of carbonyl (C=O) groups excluding carboxylic acids is 1. The number of nitrogen functional groups attached to an aromatic ring is 1. The zero-order chi connectivity index (χ0) is 9.97. The summed E-state index contributed by atoms with van der Waals surface area (Å²) in [4.78, 5) is 11.0. The molecule has 1 aliphatic heterocycles. The lowest BCUT2D eigenvalue weighted by atomic mass is 9.91.